The van der Waals surface area contributed by atoms with Crippen molar-refractivity contribution in [2.24, 2.45) is 0 Å². The second kappa shape index (κ2) is 8.37. The van der Waals surface area contributed by atoms with Gasteiger partial charge in [0.25, 0.3) is 0 Å². The summed E-state index contributed by atoms with van der Waals surface area (Å²) in [6.45, 7) is 5.69. The summed E-state index contributed by atoms with van der Waals surface area (Å²) >= 11 is 0. The van der Waals surface area contributed by atoms with Gasteiger partial charge in [-0.1, -0.05) is 48.5 Å². The molecule has 39 heavy (non-hydrogen) atoms. The lowest BCUT2D eigenvalue weighted by molar-refractivity contribution is -0.573. The third kappa shape index (κ3) is 3.29. The first-order chi connectivity index (χ1) is 19.1. The van der Waals surface area contributed by atoms with Crippen molar-refractivity contribution >= 4 is 5.70 Å². The van der Waals surface area contributed by atoms with Gasteiger partial charge in [-0.3, -0.25) is 0 Å². The van der Waals surface area contributed by atoms with Crippen LogP contribution in [-0.2, 0) is 12.8 Å². The predicted octanol–water partition coefficient (Wildman–Crippen LogP) is 6.81. The molecule has 3 aromatic carbocycles. The largest absolute Gasteiger partial charge is 0.352 e. The third-order valence-corrected chi connectivity index (χ3v) is 9.08. The smallest absolute Gasteiger partial charge is 0.221 e. The average Bonchev–Trinajstić information content (AvgIpc) is 3.40. The number of aryl methyl sites for hydroxylation is 1. The van der Waals surface area contributed by atoms with Gasteiger partial charge in [0, 0.05) is 48.1 Å². The van der Waals surface area contributed by atoms with E-state index in [1.807, 2.05) is 30.3 Å². The van der Waals surface area contributed by atoms with E-state index in [2.05, 4.69) is 63.3 Å². The molecule has 0 saturated carbocycles. The van der Waals surface area contributed by atoms with Crippen LogP contribution in [0, 0.1) is 11.6 Å². The topological polar surface area (TPSA) is 10.4 Å². The van der Waals surface area contributed by atoms with Crippen LogP contribution in [0.4, 0.5) is 8.78 Å². The lowest BCUT2D eigenvalue weighted by Gasteiger charge is -2.48. The number of fused-ring (bicyclic) bond motifs is 6. The minimum atomic E-state index is -0.535. The Hall–Kier alpha value is -4.25. The van der Waals surface area contributed by atoms with E-state index < -0.39 is 11.6 Å². The Morgan fingerprint density at radius 3 is 2.59 bits per heavy atom. The molecule has 0 bridgehead atoms. The molecule has 8 rings (SSSR count). The van der Waals surface area contributed by atoms with E-state index in [-0.39, 0.29) is 18.1 Å². The molecule has 0 N–H and O–H groups in total. The van der Waals surface area contributed by atoms with E-state index in [0.717, 1.165) is 42.3 Å². The summed E-state index contributed by atoms with van der Waals surface area (Å²) in [6.07, 6.45) is 9.01. The fourth-order valence-electron chi connectivity index (χ4n) is 7.40. The number of pyridine rings is 1. The van der Waals surface area contributed by atoms with Crippen LogP contribution in [0.2, 0.25) is 0 Å². The Bertz CT molecular complexity index is 1690. The minimum Gasteiger partial charge on any atom is -0.352 e. The monoisotopic (exact) mass is 516 g/mol. The molecule has 4 aliphatic rings. The average molecular weight is 517 g/mol. The number of hydrogen-bond donors (Lipinski definition) is 0. The van der Waals surface area contributed by atoms with Crippen LogP contribution < -0.4 is 4.57 Å². The van der Waals surface area contributed by atoms with E-state index in [1.165, 1.54) is 22.8 Å². The van der Waals surface area contributed by atoms with Crippen molar-refractivity contribution in [2.75, 3.05) is 6.54 Å². The summed E-state index contributed by atoms with van der Waals surface area (Å²) in [5, 5.41) is 0. The highest BCUT2D eigenvalue weighted by atomic mass is 19.1. The maximum atomic E-state index is 15.6. The molecule has 3 atom stereocenters. The van der Waals surface area contributed by atoms with E-state index in [9.17, 15) is 4.39 Å². The van der Waals surface area contributed by atoms with Crippen molar-refractivity contribution in [1.29, 1.82) is 0 Å². The molecule has 0 fully saturated rings. The van der Waals surface area contributed by atoms with E-state index in [4.69, 9.17) is 6.58 Å². The van der Waals surface area contributed by atoms with E-state index in [1.54, 1.807) is 0 Å². The molecule has 0 aliphatic carbocycles. The molecule has 1 aromatic heterocycles. The van der Waals surface area contributed by atoms with Crippen LogP contribution in [0.15, 0.2) is 98.0 Å². The molecule has 0 spiro atoms. The molecule has 0 radical (unpaired) electrons. The summed E-state index contributed by atoms with van der Waals surface area (Å²) < 4.78 is 32.3. The fourth-order valence-corrected chi connectivity index (χ4v) is 7.40. The van der Waals surface area contributed by atoms with Gasteiger partial charge in [0.2, 0.25) is 11.4 Å². The lowest BCUT2D eigenvalue weighted by Crippen LogP contribution is -2.53. The molecule has 0 amide bonds. The quantitative estimate of drug-likeness (QED) is 0.257. The van der Waals surface area contributed by atoms with Crippen LogP contribution >= 0.6 is 0 Å². The number of halogens is 2. The number of hydrogen-bond acceptors (Lipinski definition) is 2. The van der Waals surface area contributed by atoms with Crippen LogP contribution in [0.25, 0.3) is 28.1 Å². The number of aromatic nitrogens is 1. The van der Waals surface area contributed by atoms with Gasteiger partial charge >= 0.3 is 0 Å². The van der Waals surface area contributed by atoms with Crippen molar-refractivity contribution in [3.63, 3.8) is 0 Å². The molecule has 3 unspecified atom stereocenters. The summed E-state index contributed by atoms with van der Waals surface area (Å²) in [6, 6.07) is 23.4. The Kier molecular flexibility index (Phi) is 4.88. The Labute approximate surface area is 226 Å². The van der Waals surface area contributed by atoms with Crippen LogP contribution in [-0.4, -0.2) is 22.4 Å². The molecular weight excluding hydrogens is 488 g/mol. The first-order valence-corrected chi connectivity index (χ1v) is 13.7. The van der Waals surface area contributed by atoms with Crippen molar-refractivity contribution in [3.8, 4) is 22.4 Å². The SMILES string of the molecule is C=C1C2C(CCc3cc(F)cc(F)c3-c3ccc(-c4ccccc4)c[n+]31)c1cccc3c1C1N(C=CN21)CC3. The Balaban J connectivity index is 1.39. The van der Waals surface area contributed by atoms with E-state index >= 15 is 4.39 Å². The van der Waals surface area contributed by atoms with Crippen molar-refractivity contribution < 1.29 is 13.3 Å². The van der Waals surface area contributed by atoms with Crippen molar-refractivity contribution in [2.45, 2.75) is 37.4 Å². The van der Waals surface area contributed by atoms with Gasteiger partial charge in [-0.05, 0) is 60.2 Å². The molecule has 5 heterocycles. The van der Waals surface area contributed by atoms with Crippen LogP contribution in [0.3, 0.4) is 0 Å². The first-order valence-electron chi connectivity index (χ1n) is 13.7. The predicted molar refractivity (Wildman–Crippen MR) is 148 cm³/mol. The second-order valence-corrected chi connectivity index (χ2v) is 11.1. The third-order valence-electron chi connectivity index (χ3n) is 9.08. The maximum absolute atomic E-state index is 15.6. The highest BCUT2D eigenvalue weighted by Gasteiger charge is 2.50. The van der Waals surface area contributed by atoms with Gasteiger partial charge in [-0.15, -0.1) is 0 Å². The minimum absolute atomic E-state index is 0.0332. The van der Waals surface area contributed by atoms with Crippen LogP contribution in [0.5, 0.6) is 0 Å². The van der Waals surface area contributed by atoms with E-state index in [0.29, 0.717) is 23.2 Å². The highest BCUT2D eigenvalue weighted by Crippen LogP contribution is 2.51. The molecule has 4 aromatic rings. The van der Waals surface area contributed by atoms with Gasteiger partial charge in [0.05, 0.1) is 5.56 Å². The fraction of sp³-hybridized carbons (Fsp3) is 0.206. The van der Waals surface area contributed by atoms with Crippen molar-refractivity contribution in [3.05, 3.63) is 132 Å². The standard InChI is InChI=1S/C34H28F2N3/c1-21-33-28(27-9-5-8-23-14-15-37-16-17-38(33)34(37)31(23)27)12-10-24-18-26(35)19-29(36)32(24)30-13-11-25(20-39(21)30)22-6-3-2-4-7-22/h2-9,11,13,16-20,28,33-34H,1,10,12,14-15H2/q+1. The second-order valence-electron chi connectivity index (χ2n) is 11.1. The Morgan fingerprint density at radius 2 is 1.72 bits per heavy atom. The van der Waals surface area contributed by atoms with Crippen LogP contribution in [0.1, 0.15) is 40.8 Å². The molecule has 192 valence electrons. The summed E-state index contributed by atoms with van der Waals surface area (Å²) in [4.78, 5) is 4.88. The lowest BCUT2D eigenvalue weighted by atomic mass is 9.75. The summed E-state index contributed by atoms with van der Waals surface area (Å²) in [5.41, 5.74) is 9.02. The molecule has 0 saturated heterocycles. The molecular formula is C34H28F2N3+. The van der Waals surface area contributed by atoms with Gasteiger partial charge in [-0.25, -0.2) is 8.78 Å². The number of benzene rings is 3. The summed E-state index contributed by atoms with van der Waals surface area (Å²) in [7, 11) is 0. The summed E-state index contributed by atoms with van der Waals surface area (Å²) in [5.74, 6) is -0.939. The van der Waals surface area contributed by atoms with Gasteiger partial charge in [-0.2, -0.15) is 4.57 Å². The zero-order valence-electron chi connectivity index (χ0n) is 21.5. The normalized spacial score (nSPS) is 22.3. The molecule has 3 nitrogen and oxygen atoms in total. The van der Waals surface area contributed by atoms with Crippen molar-refractivity contribution in [1.82, 2.24) is 9.80 Å². The maximum Gasteiger partial charge on any atom is 0.221 e. The zero-order chi connectivity index (χ0) is 26.2. The molecule has 4 aliphatic heterocycles. The van der Waals surface area contributed by atoms with Gasteiger partial charge in [0.1, 0.15) is 23.8 Å². The molecule has 5 heteroatoms. The highest BCUT2D eigenvalue weighted by molar-refractivity contribution is 5.69. The van der Waals surface area contributed by atoms with Gasteiger partial charge < -0.3 is 9.80 Å². The first kappa shape index (κ1) is 22.7. The number of rotatable bonds is 1. The van der Waals surface area contributed by atoms with Gasteiger partial charge in [0.15, 0.2) is 6.20 Å². The Morgan fingerprint density at radius 1 is 0.846 bits per heavy atom. The zero-order valence-corrected chi connectivity index (χ0v) is 21.5. The number of nitrogens with zero attached hydrogens (tertiary/aromatic N) is 3.